The first kappa shape index (κ1) is 32.0. The first-order valence-corrected chi connectivity index (χ1v) is 17.0. The van der Waals surface area contributed by atoms with E-state index in [4.69, 9.17) is 9.54 Å². The number of carbonyl (C=O) groups is 2. The van der Waals surface area contributed by atoms with Crippen LogP contribution in [0.5, 0.6) is 0 Å². The molecule has 0 saturated carbocycles. The Kier molecular flexibility index (Phi) is 9.48. The Balaban J connectivity index is 1.33. The fourth-order valence-electron chi connectivity index (χ4n) is 4.92. The molecule has 1 aromatic heterocycles. The van der Waals surface area contributed by atoms with Crippen molar-refractivity contribution in [1.29, 1.82) is 0 Å². The van der Waals surface area contributed by atoms with Crippen molar-refractivity contribution in [2.45, 2.75) is 38.5 Å². The lowest BCUT2D eigenvalue weighted by Crippen LogP contribution is -2.28. The van der Waals surface area contributed by atoms with Crippen LogP contribution in [0.15, 0.2) is 97.1 Å². The number of nitrogens with zero attached hydrogens (tertiary/aromatic N) is 1. The molecule has 232 valence electrons. The molecule has 0 radical (unpaired) electrons. The highest BCUT2D eigenvalue weighted by molar-refractivity contribution is 7.85. The Morgan fingerprint density at radius 3 is 2.18 bits per heavy atom. The molecule has 0 aliphatic rings. The Labute approximate surface area is 267 Å². The van der Waals surface area contributed by atoms with E-state index in [1.807, 2.05) is 54.6 Å². The summed E-state index contributed by atoms with van der Waals surface area (Å²) in [5.41, 5.74) is 5.83. The molecule has 1 heterocycles. The third-order valence-electron chi connectivity index (χ3n) is 7.49. The number of rotatable bonds is 10. The number of amides is 2. The molecule has 10 heteroatoms. The fraction of sp³-hybridized carbons (Fsp3) is 0.229. The molecule has 1 atom stereocenters. The van der Waals surface area contributed by atoms with Crippen LogP contribution in [0.3, 0.4) is 0 Å². The third kappa shape index (κ3) is 8.42. The summed E-state index contributed by atoms with van der Waals surface area (Å²) >= 11 is 1.63. The van der Waals surface area contributed by atoms with Crippen LogP contribution in [0, 0.1) is 0 Å². The van der Waals surface area contributed by atoms with Crippen LogP contribution in [0.2, 0.25) is 0 Å². The second-order valence-corrected chi connectivity index (χ2v) is 14.5. The van der Waals surface area contributed by atoms with Gasteiger partial charge in [-0.05, 0) is 77.1 Å². The van der Waals surface area contributed by atoms with Gasteiger partial charge in [-0.25, -0.2) is 4.98 Å². The van der Waals surface area contributed by atoms with Crippen molar-refractivity contribution in [3.63, 3.8) is 0 Å². The van der Waals surface area contributed by atoms with Crippen molar-refractivity contribution in [3.8, 4) is 10.6 Å². The fourth-order valence-corrected chi connectivity index (χ4v) is 6.25. The van der Waals surface area contributed by atoms with E-state index in [2.05, 4.69) is 49.6 Å². The number of benzene rings is 4. The average molecular weight is 642 g/mol. The standard InChI is InChI=1S/C35H35N3O5S2/c1-35(2,3)27-16-12-24(13-17-27)29(22-23-8-10-25(11-9-23)32(39)36-20-21-45(41,42)43)33(40)37-28-18-14-26(15-19-28)34-38-30-6-4-5-7-31(30)44-34/h4-19,29H,20-22H2,1-3H3,(H,36,39)(H,37,40)(H,41,42,43). The minimum atomic E-state index is -4.17. The maximum absolute atomic E-state index is 13.8. The van der Waals surface area contributed by atoms with Crippen LogP contribution in [0.4, 0.5) is 5.69 Å². The normalized spacial score (nSPS) is 12.5. The topological polar surface area (TPSA) is 125 Å². The molecule has 0 bridgehead atoms. The zero-order valence-electron chi connectivity index (χ0n) is 25.3. The minimum Gasteiger partial charge on any atom is -0.351 e. The third-order valence-corrected chi connectivity index (χ3v) is 9.30. The van der Waals surface area contributed by atoms with Crippen LogP contribution in [0.1, 0.15) is 53.7 Å². The van der Waals surface area contributed by atoms with Crippen LogP contribution in [-0.4, -0.2) is 42.1 Å². The van der Waals surface area contributed by atoms with Crippen molar-refractivity contribution in [2.75, 3.05) is 17.6 Å². The van der Waals surface area contributed by atoms with Crippen molar-refractivity contribution in [1.82, 2.24) is 10.3 Å². The molecular weight excluding hydrogens is 607 g/mol. The number of aromatic nitrogens is 1. The van der Waals surface area contributed by atoms with E-state index in [1.54, 1.807) is 35.6 Å². The second-order valence-electron chi connectivity index (χ2n) is 11.9. The lowest BCUT2D eigenvalue weighted by Gasteiger charge is -2.22. The van der Waals surface area contributed by atoms with Gasteiger partial charge in [-0.15, -0.1) is 11.3 Å². The minimum absolute atomic E-state index is 0.0287. The van der Waals surface area contributed by atoms with Gasteiger partial charge >= 0.3 is 0 Å². The molecule has 0 spiro atoms. The van der Waals surface area contributed by atoms with E-state index in [0.29, 0.717) is 17.7 Å². The molecule has 45 heavy (non-hydrogen) atoms. The van der Waals surface area contributed by atoms with E-state index in [9.17, 15) is 18.0 Å². The monoisotopic (exact) mass is 641 g/mol. The Morgan fingerprint density at radius 1 is 0.889 bits per heavy atom. The van der Waals surface area contributed by atoms with Crippen LogP contribution < -0.4 is 10.6 Å². The van der Waals surface area contributed by atoms with Gasteiger partial charge < -0.3 is 10.6 Å². The molecule has 5 rings (SSSR count). The molecule has 0 saturated heterocycles. The molecule has 1 unspecified atom stereocenters. The summed E-state index contributed by atoms with van der Waals surface area (Å²) < 4.78 is 31.9. The number of thiazole rings is 1. The lowest BCUT2D eigenvalue weighted by atomic mass is 9.84. The van der Waals surface area contributed by atoms with Crippen molar-refractivity contribution in [2.24, 2.45) is 0 Å². The second kappa shape index (κ2) is 13.3. The van der Waals surface area contributed by atoms with Gasteiger partial charge in [0.2, 0.25) is 5.91 Å². The van der Waals surface area contributed by atoms with Gasteiger partial charge in [0.25, 0.3) is 16.0 Å². The van der Waals surface area contributed by atoms with E-state index >= 15 is 0 Å². The zero-order valence-corrected chi connectivity index (χ0v) is 26.9. The molecule has 0 fully saturated rings. The van der Waals surface area contributed by atoms with E-state index in [1.165, 1.54) is 5.56 Å². The summed E-state index contributed by atoms with van der Waals surface area (Å²) in [5.74, 6) is -1.67. The van der Waals surface area contributed by atoms with Crippen LogP contribution in [-0.2, 0) is 26.7 Å². The summed E-state index contributed by atoms with van der Waals surface area (Å²) in [6.45, 7) is 6.23. The number of para-hydroxylation sites is 1. The first-order chi connectivity index (χ1) is 21.4. The predicted octanol–water partition coefficient (Wildman–Crippen LogP) is 6.84. The van der Waals surface area contributed by atoms with Gasteiger partial charge in [0.1, 0.15) is 5.01 Å². The first-order valence-electron chi connectivity index (χ1n) is 14.6. The van der Waals surface area contributed by atoms with Crippen molar-refractivity contribution in [3.05, 3.63) is 119 Å². The summed E-state index contributed by atoms with van der Waals surface area (Å²) in [4.78, 5) is 30.9. The van der Waals surface area contributed by atoms with Gasteiger partial charge in [-0.3, -0.25) is 14.1 Å². The quantitative estimate of drug-likeness (QED) is 0.143. The van der Waals surface area contributed by atoms with E-state index < -0.39 is 27.7 Å². The molecular formula is C35H35N3O5S2. The van der Waals surface area contributed by atoms with Crippen molar-refractivity contribution < 1.29 is 22.6 Å². The van der Waals surface area contributed by atoms with Gasteiger partial charge in [-0.2, -0.15) is 8.42 Å². The Hall–Kier alpha value is -4.38. The lowest BCUT2D eigenvalue weighted by molar-refractivity contribution is -0.117. The maximum atomic E-state index is 13.8. The van der Waals surface area contributed by atoms with E-state index in [0.717, 1.165) is 31.9 Å². The number of hydrogen-bond acceptors (Lipinski definition) is 6. The van der Waals surface area contributed by atoms with Gasteiger partial charge in [0.05, 0.1) is 21.9 Å². The highest BCUT2D eigenvalue weighted by atomic mass is 32.2. The molecule has 5 aromatic rings. The zero-order chi connectivity index (χ0) is 32.2. The molecule has 8 nitrogen and oxygen atoms in total. The van der Waals surface area contributed by atoms with Crippen molar-refractivity contribution >= 4 is 49.2 Å². The summed E-state index contributed by atoms with van der Waals surface area (Å²) in [6.07, 6.45) is 0.398. The molecule has 2 amide bonds. The molecule has 0 aliphatic carbocycles. The summed E-state index contributed by atoms with van der Waals surface area (Å²) in [7, 11) is -4.17. The van der Waals surface area contributed by atoms with Gasteiger partial charge in [-0.1, -0.05) is 69.3 Å². The highest BCUT2D eigenvalue weighted by Gasteiger charge is 2.23. The highest BCUT2D eigenvalue weighted by Crippen LogP contribution is 2.31. The molecule has 4 aromatic carbocycles. The number of anilines is 1. The Morgan fingerprint density at radius 2 is 1.56 bits per heavy atom. The number of fused-ring (bicyclic) bond motifs is 1. The van der Waals surface area contributed by atoms with Crippen LogP contribution in [0.25, 0.3) is 20.8 Å². The summed E-state index contributed by atoms with van der Waals surface area (Å²) in [6, 6.07) is 30.7. The number of hydrogen-bond donors (Lipinski definition) is 3. The van der Waals surface area contributed by atoms with Crippen LogP contribution >= 0.6 is 11.3 Å². The summed E-state index contributed by atoms with van der Waals surface area (Å²) in [5, 5.41) is 6.48. The average Bonchev–Trinajstić information content (AvgIpc) is 3.44. The molecule has 3 N–H and O–H groups in total. The smallest absolute Gasteiger partial charge is 0.266 e. The number of carbonyl (C=O) groups excluding carboxylic acids is 2. The predicted molar refractivity (Wildman–Crippen MR) is 180 cm³/mol. The SMILES string of the molecule is CC(C)(C)c1ccc(C(Cc2ccc(C(=O)NCCS(=O)(=O)O)cc2)C(=O)Nc2ccc(-c3nc4ccccc4s3)cc2)cc1. The van der Waals surface area contributed by atoms with E-state index in [-0.39, 0.29) is 17.9 Å². The largest absolute Gasteiger partial charge is 0.351 e. The number of nitrogens with one attached hydrogen (secondary N) is 2. The molecule has 0 aliphatic heterocycles. The van der Waals surface area contributed by atoms with Gasteiger partial charge in [0.15, 0.2) is 0 Å². The Bertz CT molecular complexity index is 1880. The maximum Gasteiger partial charge on any atom is 0.266 e. The van der Waals surface area contributed by atoms with Gasteiger partial charge in [0, 0.05) is 23.4 Å².